The average Bonchev–Trinajstić information content (AvgIpc) is 2.55. The molecule has 1 aromatic rings. The topological polar surface area (TPSA) is 46.5 Å². The number of aliphatic hydroxyl groups is 1. The standard InChI is InChI=1S/C20H30O3/c1-5-19(2,3)18(22)23-16-11-9-15(10-12-16)17(21)20(4)13-7-6-8-14-20/h9-12,17,21H,5-8,13-14H2,1-4H3. The molecule has 1 aromatic carbocycles. The second kappa shape index (κ2) is 7.04. The molecule has 2 rings (SSSR count). The number of hydrogen-bond donors (Lipinski definition) is 1. The fourth-order valence-corrected chi connectivity index (χ4v) is 3.14. The molecule has 1 unspecified atom stereocenters. The number of rotatable bonds is 5. The molecule has 1 fully saturated rings. The maximum absolute atomic E-state index is 12.1. The molecule has 0 heterocycles. The smallest absolute Gasteiger partial charge is 0.316 e. The minimum Gasteiger partial charge on any atom is -0.426 e. The minimum atomic E-state index is -0.478. The number of carbonyl (C=O) groups excluding carboxylic acids is 1. The quantitative estimate of drug-likeness (QED) is 0.611. The summed E-state index contributed by atoms with van der Waals surface area (Å²) >= 11 is 0. The molecule has 0 spiro atoms. The lowest BCUT2D eigenvalue weighted by molar-refractivity contribution is -0.144. The van der Waals surface area contributed by atoms with Crippen LogP contribution in [-0.2, 0) is 4.79 Å². The number of esters is 1. The summed E-state index contributed by atoms with van der Waals surface area (Å²) in [6.45, 7) is 7.93. The summed E-state index contributed by atoms with van der Waals surface area (Å²) in [6, 6.07) is 7.33. The highest BCUT2D eigenvalue weighted by Gasteiger charge is 2.35. The normalized spacial score (nSPS) is 19.2. The van der Waals surface area contributed by atoms with E-state index in [1.165, 1.54) is 19.3 Å². The maximum Gasteiger partial charge on any atom is 0.316 e. The number of hydrogen-bond acceptors (Lipinski definition) is 3. The molecule has 0 amide bonds. The third kappa shape index (κ3) is 4.14. The molecular weight excluding hydrogens is 288 g/mol. The van der Waals surface area contributed by atoms with E-state index in [9.17, 15) is 9.90 Å². The van der Waals surface area contributed by atoms with Crippen LogP contribution in [0.5, 0.6) is 5.75 Å². The van der Waals surface area contributed by atoms with Gasteiger partial charge in [0.2, 0.25) is 0 Å². The third-order valence-electron chi connectivity index (χ3n) is 5.50. The van der Waals surface area contributed by atoms with Gasteiger partial charge >= 0.3 is 5.97 Å². The number of benzene rings is 1. The van der Waals surface area contributed by atoms with Crippen LogP contribution in [-0.4, -0.2) is 11.1 Å². The maximum atomic E-state index is 12.1. The van der Waals surface area contributed by atoms with E-state index in [0.29, 0.717) is 5.75 Å². The zero-order valence-electron chi connectivity index (χ0n) is 14.9. The van der Waals surface area contributed by atoms with Crippen molar-refractivity contribution in [3.05, 3.63) is 29.8 Å². The summed E-state index contributed by atoms with van der Waals surface area (Å²) < 4.78 is 5.45. The lowest BCUT2D eigenvalue weighted by Gasteiger charge is -2.38. The highest BCUT2D eigenvalue weighted by molar-refractivity contribution is 5.78. The van der Waals surface area contributed by atoms with Gasteiger partial charge in [-0.05, 0) is 56.2 Å². The van der Waals surface area contributed by atoms with Gasteiger partial charge in [0.25, 0.3) is 0 Å². The van der Waals surface area contributed by atoms with Crippen LogP contribution < -0.4 is 4.74 Å². The van der Waals surface area contributed by atoms with Gasteiger partial charge in [0.05, 0.1) is 11.5 Å². The molecule has 0 radical (unpaired) electrons. The van der Waals surface area contributed by atoms with Gasteiger partial charge in [-0.25, -0.2) is 0 Å². The first-order chi connectivity index (χ1) is 10.8. The summed E-state index contributed by atoms with van der Waals surface area (Å²) in [6.07, 6.45) is 6.06. The van der Waals surface area contributed by atoms with Crippen molar-refractivity contribution >= 4 is 5.97 Å². The highest BCUT2D eigenvalue weighted by atomic mass is 16.5. The Morgan fingerprint density at radius 1 is 1.22 bits per heavy atom. The average molecular weight is 318 g/mol. The molecule has 128 valence electrons. The predicted molar refractivity (Wildman–Crippen MR) is 92.3 cm³/mol. The first-order valence-electron chi connectivity index (χ1n) is 8.79. The Morgan fingerprint density at radius 2 is 1.78 bits per heavy atom. The van der Waals surface area contributed by atoms with E-state index in [1.54, 1.807) is 12.1 Å². The van der Waals surface area contributed by atoms with Crippen molar-refractivity contribution in [3.8, 4) is 5.75 Å². The zero-order chi connectivity index (χ0) is 17.1. The van der Waals surface area contributed by atoms with Crippen LogP contribution in [0.4, 0.5) is 0 Å². The minimum absolute atomic E-state index is 0.0410. The second-order valence-electron chi connectivity index (χ2n) is 7.81. The van der Waals surface area contributed by atoms with Gasteiger partial charge in [-0.3, -0.25) is 4.79 Å². The fourth-order valence-electron chi connectivity index (χ4n) is 3.14. The van der Waals surface area contributed by atoms with E-state index >= 15 is 0 Å². The molecule has 23 heavy (non-hydrogen) atoms. The van der Waals surface area contributed by atoms with Gasteiger partial charge in [0, 0.05) is 0 Å². The Hall–Kier alpha value is -1.35. The van der Waals surface area contributed by atoms with E-state index in [1.807, 2.05) is 32.9 Å². The highest BCUT2D eigenvalue weighted by Crippen LogP contribution is 2.45. The molecule has 1 aliphatic carbocycles. The van der Waals surface area contributed by atoms with Crippen molar-refractivity contribution in [2.24, 2.45) is 10.8 Å². The number of carbonyl (C=O) groups is 1. The van der Waals surface area contributed by atoms with E-state index < -0.39 is 11.5 Å². The molecule has 1 saturated carbocycles. The van der Waals surface area contributed by atoms with Crippen LogP contribution in [0, 0.1) is 10.8 Å². The summed E-state index contributed by atoms with van der Waals surface area (Å²) in [5, 5.41) is 10.7. The summed E-state index contributed by atoms with van der Waals surface area (Å²) in [5.41, 5.74) is 0.387. The van der Waals surface area contributed by atoms with Gasteiger partial charge in [0.15, 0.2) is 0 Å². The van der Waals surface area contributed by atoms with Crippen molar-refractivity contribution in [1.29, 1.82) is 0 Å². The molecule has 1 atom stereocenters. The van der Waals surface area contributed by atoms with Crippen molar-refractivity contribution in [3.63, 3.8) is 0 Å². The van der Waals surface area contributed by atoms with Crippen LogP contribution in [0.25, 0.3) is 0 Å². The van der Waals surface area contributed by atoms with Crippen LogP contribution in [0.15, 0.2) is 24.3 Å². The van der Waals surface area contributed by atoms with Crippen LogP contribution in [0.1, 0.15) is 77.9 Å². The van der Waals surface area contributed by atoms with Gasteiger partial charge < -0.3 is 9.84 Å². The lowest BCUT2D eigenvalue weighted by Crippen LogP contribution is -2.28. The Kier molecular flexibility index (Phi) is 5.51. The van der Waals surface area contributed by atoms with Crippen molar-refractivity contribution in [1.82, 2.24) is 0 Å². The zero-order valence-corrected chi connectivity index (χ0v) is 14.9. The van der Waals surface area contributed by atoms with Gasteiger partial charge in [0.1, 0.15) is 5.75 Å². The Bertz CT molecular complexity index is 524. The molecule has 0 aliphatic heterocycles. The van der Waals surface area contributed by atoms with Crippen LogP contribution in [0.2, 0.25) is 0 Å². The van der Waals surface area contributed by atoms with Crippen LogP contribution >= 0.6 is 0 Å². The predicted octanol–water partition coefficient (Wildman–Crippen LogP) is 5.03. The molecule has 3 nitrogen and oxygen atoms in total. The Balaban J connectivity index is 2.06. The van der Waals surface area contributed by atoms with Gasteiger partial charge in [-0.15, -0.1) is 0 Å². The second-order valence-corrected chi connectivity index (χ2v) is 7.81. The molecule has 3 heteroatoms. The summed E-state index contributed by atoms with van der Waals surface area (Å²) in [4.78, 5) is 12.1. The first-order valence-corrected chi connectivity index (χ1v) is 8.79. The Morgan fingerprint density at radius 3 is 2.30 bits per heavy atom. The molecular formula is C20H30O3. The van der Waals surface area contributed by atoms with Crippen molar-refractivity contribution < 1.29 is 14.6 Å². The molecule has 0 aromatic heterocycles. The third-order valence-corrected chi connectivity index (χ3v) is 5.50. The van der Waals surface area contributed by atoms with E-state index in [-0.39, 0.29) is 11.4 Å². The fraction of sp³-hybridized carbons (Fsp3) is 0.650. The lowest BCUT2D eigenvalue weighted by atomic mass is 9.70. The van der Waals surface area contributed by atoms with Gasteiger partial charge in [-0.2, -0.15) is 0 Å². The monoisotopic (exact) mass is 318 g/mol. The molecule has 0 bridgehead atoms. The number of aliphatic hydroxyl groups excluding tert-OH is 1. The number of ether oxygens (including phenoxy) is 1. The van der Waals surface area contributed by atoms with E-state index in [2.05, 4.69) is 6.92 Å². The molecule has 1 aliphatic rings. The van der Waals surface area contributed by atoms with Crippen molar-refractivity contribution in [2.75, 3.05) is 0 Å². The summed E-state index contributed by atoms with van der Waals surface area (Å²) in [7, 11) is 0. The molecule has 1 N–H and O–H groups in total. The Labute approximate surface area is 140 Å². The van der Waals surface area contributed by atoms with E-state index in [4.69, 9.17) is 4.74 Å². The van der Waals surface area contributed by atoms with E-state index in [0.717, 1.165) is 24.8 Å². The largest absolute Gasteiger partial charge is 0.426 e. The SMILES string of the molecule is CCC(C)(C)C(=O)Oc1ccc(C(O)C2(C)CCCCC2)cc1. The summed E-state index contributed by atoms with van der Waals surface area (Å²) in [5.74, 6) is 0.328. The van der Waals surface area contributed by atoms with Crippen molar-refractivity contribution in [2.45, 2.75) is 72.3 Å². The molecule has 0 saturated heterocycles. The van der Waals surface area contributed by atoms with Gasteiger partial charge in [-0.1, -0.05) is 45.2 Å². The van der Waals surface area contributed by atoms with Crippen LogP contribution in [0.3, 0.4) is 0 Å². The first kappa shape index (κ1) is 18.0.